The zero-order valence-electron chi connectivity index (χ0n) is 9.53. The van der Waals surface area contributed by atoms with Gasteiger partial charge in [-0.05, 0) is 36.8 Å². The second-order valence-corrected chi connectivity index (χ2v) is 5.64. The predicted molar refractivity (Wildman–Crippen MR) is 77.0 cm³/mol. The van der Waals surface area contributed by atoms with Crippen molar-refractivity contribution in [3.05, 3.63) is 51.1 Å². The van der Waals surface area contributed by atoms with Crippen molar-refractivity contribution in [3.63, 3.8) is 0 Å². The zero-order valence-corrected chi connectivity index (χ0v) is 11.1. The summed E-state index contributed by atoms with van der Waals surface area (Å²) in [4.78, 5) is 12.4. The molecule has 0 bridgehead atoms. The van der Waals surface area contributed by atoms with Crippen LogP contribution in [0.4, 0.5) is 0 Å². The molecular weight excluding hydrogens is 268 g/mol. The molecule has 0 atom stereocenters. The van der Waals surface area contributed by atoms with Crippen LogP contribution in [0, 0.1) is 6.92 Å². The number of phenolic OH excluding ortho intramolecular Hbond substituents is 1. The molecule has 0 saturated heterocycles. The Morgan fingerprint density at radius 3 is 2.78 bits per heavy atom. The summed E-state index contributed by atoms with van der Waals surface area (Å²) in [6.45, 7) is 1.96. The van der Waals surface area contributed by atoms with E-state index in [9.17, 15) is 9.90 Å². The Balaban J connectivity index is 2.65. The molecule has 0 radical (unpaired) electrons. The molecule has 18 heavy (non-hydrogen) atoms. The normalized spacial score (nSPS) is 11.2. The SMILES string of the molecule is Cc1ccc(Cl)c2c(=O)c3cc(O)ccc3sc12. The number of fused-ring (bicyclic) bond motifs is 2. The van der Waals surface area contributed by atoms with E-state index in [0.717, 1.165) is 15.0 Å². The first-order valence-corrected chi connectivity index (χ1v) is 6.62. The molecule has 0 amide bonds. The van der Waals surface area contributed by atoms with Gasteiger partial charge in [-0.1, -0.05) is 17.7 Å². The van der Waals surface area contributed by atoms with Crippen LogP contribution in [-0.4, -0.2) is 5.11 Å². The summed E-state index contributed by atoms with van der Waals surface area (Å²) in [5.41, 5.74) is 0.912. The van der Waals surface area contributed by atoms with Crippen molar-refractivity contribution < 1.29 is 5.11 Å². The molecule has 0 spiro atoms. The maximum atomic E-state index is 12.4. The number of rotatable bonds is 0. The van der Waals surface area contributed by atoms with Crippen molar-refractivity contribution in [2.45, 2.75) is 6.92 Å². The Kier molecular flexibility index (Phi) is 2.54. The number of halogens is 1. The van der Waals surface area contributed by atoms with Crippen LogP contribution in [-0.2, 0) is 0 Å². The fourth-order valence-corrected chi connectivity index (χ4v) is 3.49. The smallest absolute Gasteiger partial charge is 0.197 e. The number of hydrogen-bond acceptors (Lipinski definition) is 3. The molecule has 0 aliphatic carbocycles. The average molecular weight is 277 g/mol. The minimum atomic E-state index is -0.122. The first kappa shape index (κ1) is 11.5. The number of aromatic hydroxyl groups is 1. The van der Waals surface area contributed by atoms with Gasteiger partial charge < -0.3 is 5.11 Å². The van der Waals surface area contributed by atoms with Gasteiger partial charge in [0.15, 0.2) is 5.43 Å². The van der Waals surface area contributed by atoms with Gasteiger partial charge in [-0.3, -0.25) is 4.79 Å². The zero-order chi connectivity index (χ0) is 12.9. The highest BCUT2D eigenvalue weighted by atomic mass is 35.5. The van der Waals surface area contributed by atoms with Crippen LogP contribution in [0.25, 0.3) is 20.2 Å². The monoisotopic (exact) mass is 276 g/mol. The van der Waals surface area contributed by atoms with Crippen LogP contribution in [0.15, 0.2) is 35.1 Å². The van der Waals surface area contributed by atoms with Gasteiger partial charge in [0.2, 0.25) is 0 Å². The average Bonchev–Trinajstić information content (AvgIpc) is 2.35. The lowest BCUT2D eigenvalue weighted by atomic mass is 10.1. The summed E-state index contributed by atoms with van der Waals surface area (Å²) in [6.07, 6.45) is 0. The topological polar surface area (TPSA) is 37.3 Å². The standard InChI is InChI=1S/C14H9ClO2S/c1-7-2-4-10(15)12-13(17)9-6-8(16)3-5-11(9)18-14(7)12/h2-6,16H,1H3. The fourth-order valence-electron chi connectivity index (χ4n) is 2.03. The van der Waals surface area contributed by atoms with Gasteiger partial charge in [0.25, 0.3) is 0 Å². The minimum Gasteiger partial charge on any atom is -0.508 e. The van der Waals surface area contributed by atoms with Gasteiger partial charge in [0.05, 0.1) is 10.4 Å². The Hall–Kier alpha value is -1.58. The van der Waals surface area contributed by atoms with E-state index in [1.807, 2.05) is 13.0 Å². The Labute approximate surface area is 112 Å². The van der Waals surface area contributed by atoms with Crippen molar-refractivity contribution in [1.29, 1.82) is 0 Å². The predicted octanol–water partition coefficient (Wildman–Crippen LogP) is 4.08. The van der Waals surface area contributed by atoms with E-state index in [0.29, 0.717) is 15.8 Å². The maximum Gasteiger partial charge on any atom is 0.197 e. The highest BCUT2D eigenvalue weighted by molar-refractivity contribution is 7.24. The van der Waals surface area contributed by atoms with Crippen LogP contribution in [0.3, 0.4) is 0 Å². The molecule has 0 aliphatic rings. The van der Waals surface area contributed by atoms with Gasteiger partial charge in [0, 0.05) is 14.8 Å². The van der Waals surface area contributed by atoms with E-state index in [1.165, 1.54) is 17.4 Å². The van der Waals surface area contributed by atoms with Crippen LogP contribution in [0.5, 0.6) is 5.75 Å². The lowest BCUT2D eigenvalue weighted by molar-refractivity contribution is 0.476. The largest absolute Gasteiger partial charge is 0.508 e. The minimum absolute atomic E-state index is 0.0925. The molecule has 1 heterocycles. The van der Waals surface area contributed by atoms with Gasteiger partial charge in [-0.25, -0.2) is 0 Å². The molecule has 2 nitrogen and oxygen atoms in total. The molecule has 1 N–H and O–H groups in total. The summed E-state index contributed by atoms with van der Waals surface area (Å²) in [5, 5.41) is 11.0. The van der Waals surface area contributed by atoms with E-state index >= 15 is 0 Å². The number of hydrogen-bond donors (Lipinski definition) is 1. The third-order valence-electron chi connectivity index (χ3n) is 2.95. The van der Waals surface area contributed by atoms with Crippen molar-refractivity contribution in [1.82, 2.24) is 0 Å². The van der Waals surface area contributed by atoms with Crippen molar-refractivity contribution in [2.75, 3.05) is 0 Å². The number of benzene rings is 2. The summed E-state index contributed by atoms with van der Waals surface area (Å²) in [6, 6.07) is 8.49. The summed E-state index contributed by atoms with van der Waals surface area (Å²) >= 11 is 7.64. The molecule has 3 aromatic rings. The summed E-state index contributed by atoms with van der Waals surface area (Å²) < 4.78 is 1.77. The van der Waals surface area contributed by atoms with Crippen molar-refractivity contribution in [3.8, 4) is 5.75 Å². The van der Waals surface area contributed by atoms with Crippen LogP contribution >= 0.6 is 22.9 Å². The van der Waals surface area contributed by atoms with Gasteiger partial charge >= 0.3 is 0 Å². The molecule has 90 valence electrons. The van der Waals surface area contributed by atoms with E-state index in [1.54, 1.807) is 18.2 Å². The van der Waals surface area contributed by atoms with Gasteiger partial charge in [0.1, 0.15) is 5.75 Å². The lowest BCUT2D eigenvalue weighted by Crippen LogP contribution is -2.02. The summed E-state index contributed by atoms with van der Waals surface area (Å²) in [5.74, 6) is 0.0925. The van der Waals surface area contributed by atoms with Crippen molar-refractivity contribution >= 4 is 43.1 Å². The third kappa shape index (κ3) is 1.59. The van der Waals surface area contributed by atoms with Crippen LogP contribution < -0.4 is 5.43 Å². The molecule has 2 aromatic carbocycles. The highest BCUT2D eigenvalue weighted by Gasteiger charge is 2.11. The second-order valence-electron chi connectivity index (χ2n) is 4.18. The number of phenols is 1. The molecule has 0 saturated carbocycles. The highest BCUT2D eigenvalue weighted by Crippen LogP contribution is 2.32. The van der Waals surface area contributed by atoms with Crippen molar-refractivity contribution in [2.24, 2.45) is 0 Å². The lowest BCUT2D eigenvalue weighted by Gasteiger charge is -2.05. The quantitative estimate of drug-likeness (QED) is 0.628. The van der Waals surface area contributed by atoms with Crippen LogP contribution in [0.2, 0.25) is 5.02 Å². The van der Waals surface area contributed by atoms with E-state index < -0.39 is 0 Å². The molecular formula is C14H9ClO2S. The Bertz CT molecular complexity index is 836. The molecule has 1 aromatic heterocycles. The fraction of sp³-hybridized carbons (Fsp3) is 0.0714. The van der Waals surface area contributed by atoms with E-state index in [4.69, 9.17) is 11.6 Å². The van der Waals surface area contributed by atoms with Gasteiger partial charge in [-0.2, -0.15) is 0 Å². The maximum absolute atomic E-state index is 12.4. The Morgan fingerprint density at radius 1 is 1.22 bits per heavy atom. The molecule has 3 rings (SSSR count). The van der Waals surface area contributed by atoms with Gasteiger partial charge in [-0.15, -0.1) is 11.3 Å². The number of aryl methyl sites for hydroxylation is 1. The molecule has 0 fully saturated rings. The second kappa shape index (κ2) is 3.97. The first-order chi connectivity index (χ1) is 8.58. The van der Waals surface area contributed by atoms with Crippen LogP contribution in [0.1, 0.15) is 5.56 Å². The molecule has 0 unspecified atom stereocenters. The third-order valence-corrected chi connectivity index (χ3v) is 4.57. The Morgan fingerprint density at radius 2 is 2.00 bits per heavy atom. The molecule has 4 heteroatoms. The first-order valence-electron chi connectivity index (χ1n) is 5.42. The molecule has 0 aliphatic heterocycles. The van der Waals surface area contributed by atoms with E-state index in [2.05, 4.69) is 0 Å². The summed E-state index contributed by atoms with van der Waals surface area (Å²) in [7, 11) is 0. The van der Waals surface area contributed by atoms with E-state index in [-0.39, 0.29) is 11.2 Å².